The van der Waals surface area contributed by atoms with Gasteiger partial charge in [-0.25, -0.2) is 23.4 Å². The topological polar surface area (TPSA) is 277 Å². The van der Waals surface area contributed by atoms with Crippen molar-refractivity contribution >= 4 is 57.1 Å². The number of nitrogens with zero attached hydrogens (tertiary/aromatic N) is 5. The number of aromatic nitrogens is 3. The molecule has 1 fully saturated rings. The summed E-state index contributed by atoms with van der Waals surface area (Å²) in [5.74, 6) is -3.97. The van der Waals surface area contributed by atoms with Gasteiger partial charge in [0, 0.05) is 37.5 Å². The number of methoxy groups -OCH3 is 1. The second-order valence-corrected chi connectivity index (χ2v) is 22.1. The second kappa shape index (κ2) is 28.3. The number of rotatable bonds is 26. The van der Waals surface area contributed by atoms with Crippen LogP contribution in [0.5, 0.6) is 5.75 Å². The number of anilines is 2. The van der Waals surface area contributed by atoms with Crippen LogP contribution in [0.1, 0.15) is 86.6 Å². The molecule has 2 heterocycles. The van der Waals surface area contributed by atoms with E-state index in [1.54, 1.807) is 79.7 Å². The van der Waals surface area contributed by atoms with Gasteiger partial charge in [-0.05, 0) is 90.1 Å². The van der Waals surface area contributed by atoms with Crippen molar-refractivity contribution in [3.05, 3.63) is 60.2 Å². The van der Waals surface area contributed by atoms with Crippen molar-refractivity contribution in [3.8, 4) is 17.1 Å². The summed E-state index contributed by atoms with van der Waals surface area (Å²) in [7, 11) is -1.82. The van der Waals surface area contributed by atoms with E-state index in [0.717, 1.165) is 0 Å². The van der Waals surface area contributed by atoms with Crippen molar-refractivity contribution in [2.75, 3.05) is 71.4 Å². The average molecular weight is 1060 g/mol. The van der Waals surface area contributed by atoms with Gasteiger partial charge in [0.1, 0.15) is 47.2 Å². The Kier molecular flexibility index (Phi) is 23.1. The average Bonchev–Trinajstić information content (AvgIpc) is 3.79. The van der Waals surface area contributed by atoms with Crippen molar-refractivity contribution in [1.82, 2.24) is 35.8 Å². The molecule has 1 aliphatic rings. The summed E-state index contributed by atoms with van der Waals surface area (Å²) in [6.45, 7) is 15.3. The van der Waals surface area contributed by atoms with E-state index in [1.165, 1.54) is 42.8 Å². The number of alkyl carbamates (subject to hydrolysis) is 1. The van der Waals surface area contributed by atoms with Crippen molar-refractivity contribution in [2.45, 2.75) is 116 Å². The van der Waals surface area contributed by atoms with E-state index in [4.69, 9.17) is 28.4 Å². The number of amides is 5. The van der Waals surface area contributed by atoms with E-state index in [9.17, 15) is 37.4 Å². The van der Waals surface area contributed by atoms with Crippen LogP contribution in [-0.2, 0) is 63.1 Å². The van der Waals surface area contributed by atoms with Crippen LogP contribution >= 0.6 is 0 Å². The fourth-order valence-corrected chi connectivity index (χ4v) is 8.68. The molecule has 0 unspecified atom stereocenters. The van der Waals surface area contributed by atoms with E-state index in [-0.39, 0.29) is 88.8 Å². The first-order valence-corrected chi connectivity index (χ1v) is 26.4. The first-order chi connectivity index (χ1) is 34.8. The molecular weight excluding hydrogens is 986 g/mol. The summed E-state index contributed by atoms with van der Waals surface area (Å²) in [5.41, 5.74) is 0.0531. The molecule has 3 aromatic rings. The monoisotopic (exact) mass is 1060 g/mol. The molecule has 0 saturated carbocycles. The Morgan fingerprint density at radius 2 is 1.55 bits per heavy atom. The first kappa shape index (κ1) is 60.2. The standard InChI is InChI=1S/C50H72FN9O13S/c1-32(2)42(45(64)59-74(10,67)30-33-13-11-14-35(27-33)55-47-54-31-53-43(58-47)36-17-16-34(51)28-39(36)68-9)57-44(63)38-15-12-20-60(38)46(65)37(29-41(62)72-49(3,4)5)56-40(61)18-21-69-23-25-71-26-24-70-22-19-52-48(66)73-50(6,7)8/h11,13-14,16-17,27-28,31-32,37-38,42H,12,15,18-26,29-30H2,1-10H3,(H,52,66)(H,56,61)(H,57,63)(H,53,54,55,58)/t37-,38-,42-,74+/m0/s1. The molecule has 4 N–H and O–H groups in total. The fraction of sp³-hybridized carbons (Fsp3) is 0.580. The van der Waals surface area contributed by atoms with Crippen LogP contribution in [-0.4, -0.2) is 155 Å². The van der Waals surface area contributed by atoms with Gasteiger partial charge in [-0.2, -0.15) is 9.35 Å². The summed E-state index contributed by atoms with van der Waals surface area (Å²) in [6.07, 6.45) is 2.08. The Balaban J connectivity index is 1.32. The minimum absolute atomic E-state index is 0.0202. The van der Waals surface area contributed by atoms with Gasteiger partial charge in [-0.3, -0.25) is 24.0 Å². The molecule has 4 rings (SSSR count). The Hall–Kier alpha value is -6.37. The SMILES string of the molecule is COc1cc(F)ccc1-c1ncnc(Nc2cccc(C[S@@](C)(=O)=NC(=O)[C@@H](NC(=O)[C@@H]3CCCN3C(=O)[C@H](CC(=O)OC(C)(C)C)NC(=O)CCOCCOCCOCCNC(=O)OC(C)(C)C)C(C)C)c2)n1. The molecule has 408 valence electrons. The lowest BCUT2D eigenvalue weighted by atomic mass is 10.0. The summed E-state index contributed by atoms with van der Waals surface area (Å²) in [4.78, 5) is 93.9. The maximum Gasteiger partial charge on any atom is 0.407 e. The van der Waals surface area contributed by atoms with Gasteiger partial charge < -0.3 is 54.6 Å². The molecule has 5 amide bonds. The molecule has 1 aliphatic heterocycles. The van der Waals surface area contributed by atoms with Crippen LogP contribution in [0, 0.1) is 11.7 Å². The van der Waals surface area contributed by atoms with Crippen LogP contribution in [0.15, 0.2) is 53.2 Å². The highest BCUT2D eigenvalue weighted by Gasteiger charge is 2.40. The largest absolute Gasteiger partial charge is 0.496 e. The van der Waals surface area contributed by atoms with Crippen LogP contribution in [0.3, 0.4) is 0 Å². The number of esters is 1. The first-order valence-electron chi connectivity index (χ1n) is 24.3. The Bertz CT molecular complexity index is 2530. The maximum absolute atomic E-state index is 14.2. The summed E-state index contributed by atoms with van der Waals surface area (Å²) >= 11 is 0. The number of carbonyl (C=O) groups is 6. The molecule has 74 heavy (non-hydrogen) atoms. The predicted molar refractivity (Wildman–Crippen MR) is 272 cm³/mol. The molecule has 24 heteroatoms. The lowest BCUT2D eigenvalue weighted by Gasteiger charge is -2.30. The number of carbonyl (C=O) groups excluding carboxylic acids is 6. The molecule has 0 bridgehead atoms. The molecular formula is C50H72FN9O13S. The number of nitrogens with one attached hydrogen (secondary N) is 4. The zero-order valence-corrected chi connectivity index (χ0v) is 44.8. The quantitative estimate of drug-likeness (QED) is 0.0617. The molecule has 0 spiro atoms. The van der Waals surface area contributed by atoms with E-state index in [2.05, 4.69) is 40.6 Å². The third-order valence-corrected chi connectivity index (χ3v) is 11.9. The Morgan fingerprint density at radius 3 is 2.22 bits per heavy atom. The van der Waals surface area contributed by atoms with Gasteiger partial charge in [0.05, 0.1) is 74.2 Å². The molecule has 0 aliphatic carbocycles. The number of hydrogen-bond acceptors (Lipinski definition) is 17. The van der Waals surface area contributed by atoms with Gasteiger partial charge in [-0.1, -0.05) is 26.0 Å². The number of ether oxygens (including phenoxy) is 6. The smallest absolute Gasteiger partial charge is 0.407 e. The van der Waals surface area contributed by atoms with Gasteiger partial charge in [-0.15, -0.1) is 0 Å². The predicted octanol–water partition coefficient (Wildman–Crippen LogP) is 4.87. The molecule has 22 nitrogen and oxygen atoms in total. The minimum Gasteiger partial charge on any atom is -0.496 e. The number of likely N-dealkylation sites (tertiary alicyclic amines) is 1. The molecule has 1 saturated heterocycles. The number of hydrogen-bond donors (Lipinski definition) is 4. The number of halogens is 1. The van der Waals surface area contributed by atoms with Gasteiger partial charge in [0.15, 0.2) is 5.82 Å². The lowest BCUT2D eigenvalue weighted by molar-refractivity contribution is -0.157. The molecule has 4 atom stereocenters. The van der Waals surface area contributed by atoms with Gasteiger partial charge in [0.25, 0.3) is 5.91 Å². The van der Waals surface area contributed by atoms with E-state index >= 15 is 0 Å². The second-order valence-electron chi connectivity index (χ2n) is 19.7. The normalized spacial score (nSPS) is 15.3. The van der Waals surface area contributed by atoms with E-state index in [0.29, 0.717) is 23.2 Å². The minimum atomic E-state index is -3.23. The summed E-state index contributed by atoms with van der Waals surface area (Å²) < 4.78 is 64.2. The molecule has 1 aromatic heterocycles. The molecule has 2 aromatic carbocycles. The van der Waals surface area contributed by atoms with E-state index in [1.807, 2.05) is 0 Å². The van der Waals surface area contributed by atoms with E-state index < -0.39 is 92.9 Å². The van der Waals surface area contributed by atoms with Gasteiger partial charge in [0.2, 0.25) is 23.7 Å². The van der Waals surface area contributed by atoms with Crippen molar-refractivity contribution in [1.29, 1.82) is 0 Å². The van der Waals surface area contributed by atoms with Gasteiger partial charge >= 0.3 is 12.1 Å². The zero-order valence-electron chi connectivity index (χ0n) is 44.0. The fourth-order valence-electron chi connectivity index (χ4n) is 7.32. The van der Waals surface area contributed by atoms with Crippen LogP contribution in [0.2, 0.25) is 0 Å². The maximum atomic E-state index is 14.2. The highest BCUT2D eigenvalue weighted by atomic mass is 32.2. The summed E-state index contributed by atoms with van der Waals surface area (Å²) in [6, 6.07) is 7.18. The third-order valence-electron chi connectivity index (χ3n) is 10.5. The van der Waals surface area contributed by atoms with Crippen molar-refractivity contribution in [3.63, 3.8) is 0 Å². The number of benzene rings is 2. The molecule has 0 radical (unpaired) electrons. The van der Waals surface area contributed by atoms with Crippen molar-refractivity contribution < 1.29 is 65.8 Å². The van der Waals surface area contributed by atoms with Crippen molar-refractivity contribution in [2.24, 2.45) is 10.3 Å². The lowest BCUT2D eigenvalue weighted by Crippen LogP contribution is -2.56. The highest BCUT2D eigenvalue weighted by Crippen LogP contribution is 2.29. The highest BCUT2D eigenvalue weighted by molar-refractivity contribution is 7.92. The van der Waals surface area contributed by atoms with Crippen LogP contribution in [0.4, 0.5) is 20.8 Å². The van der Waals surface area contributed by atoms with Crippen LogP contribution < -0.4 is 26.0 Å². The Labute approximate surface area is 432 Å². The van der Waals surface area contributed by atoms with Crippen LogP contribution in [0.25, 0.3) is 11.4 Å². The Morgan fingerprint density at radius 1 is 0.878 bits per heavy atom. The third kappa shape index (κ3) is 21.2. The zero-order chi connectivity index (χ0) is 54.6. The summed E-state index contributed by atoms with van der Waals surface area (Å²) in [5, 5.41) is 11.0.